The number of esters is 1. The summed E-state index contributed by atoms with van der Waals surface area (Å²) in [5.74, 6) is -3.33. The molecule has 0 heterocycles. The predicted molar refractivity (Wildman–Crippen MR) is 103 cm³/mol. The molecule has 0 saturated heterocycles. The molecule has 152 valence electrons. The third kappa shape index (κ3) is 5.25. The van der Waals surface area contributed by atoms with Crippen LogP contribution in [0.15, 0.2) is 36.4 Å². The first kappa shape index (κ1) is 20.6. The summed E-state index contributed by atoms with van der Waals surface area (Å²) < 4.78 is 31.5. The van der Waals surface area contributed by atoms with Gasteiger partial charge in [-0.25, -0.2) is 8.78 Å². The van der Waals surface area contributed by atoms with E-state index in [9.17, 15) is 23.2 Å². The number of fused-ring (bicyclic) bond motifs is 1. The third-order valence-electron chi connectivity index (χ3n) is 4.84. The molecule has 1 N–H and O–H groups in total. The van der Waals surface area contributed by atoms with Gasteiger partial charge in [0.2, 0.25) is 0 Å². The maximum atomic E-state index is 13.6. The minimum atomic E-state index is -1.19. The highest BCUT2D eigenvalue weighted by Gasteiger charge is 2.20. The van der Waals surface area contributed by atoms with Crippen molar-refractivity contribution in [2.24, 2.45) is 0 Å². The van der Waals surface area contributed by atoms with Crippen molar-refractivity contribution in [2.45, 2.75) is 45.1 Å². The number of rotatable bonds is 7. The Morgan fingerprint density at radius 1 is 1.03 bits per heavy atom. The lowest BCUT2D eigenvalue weighted by atomic mass is 10.0. The summed E-state index contributed by atoms with van der Waals surface area (Å²) in [5.41, 5.74) is 2.79. The van der Waals surface area contributed by atoms with Crippen molar-refractivity contribution in [2.75, 3.05) is 5.32 Å². The number of amides is 1. The van der Waals surface area contributed by atoms with E-state index in [4.69, 9.17) is 4.74 Å². The first-order valence-corrected chi connectivity index (χ1v) is 9.44. The van der Waals surface area contributed by atoms with Gasteiger partial charge in [0.15, 0.2) is 11.9 Å². The lowest BCUT2D eigenvalue weighted by Gasteiger charge is -2.14. The molecular formula is C22H21F2NO4. The number of carbonyl (C=O) groups excluding carboxylic acids is 3. The van der Waals surface area contributed by atoms with Crippen LogP contribution in [0.5, 0.6) is 0 Å². The second kappa shape index (κ2) is 8.94. The summed E-state index contributed by atoms with van der Waals surface area (Å²) >= 11 is 0. The van der Waals surface area contributed by atoms with Crippen LogP contribution in [0.2, 0.25) is 0 Å². The van der Waals surface area contributed by atoms with Crippen LogP contribution < -0.4 is 5.32 Å². The fraction of sp³-hybridized carbons (Fsp3) is 0.318. The predicted octanol–water partition coefficient (Wildman–Crippen LogP) is 3.99. The van der Waals surface area contributed by atoms with Gasteiger partial charge in [0.1, 0.15) is 11.6 Å². The number of benzene rings is 2. The molecule has 2 aromatic carbocycles. The molecule has 0 saturated carbocycles. The number of halogens is 2. The molecule has 5 nitrogen and oxygen atoms in total. The van der Waals surface area contributed by atoms with E-state index in [-0.39, 0.29) is 24.3 Å². The number of aryl methyl sites for hydroxylation is 2. The zero-order valence-corrected chi connectivity index (χ0v) is 16.0. The maximum Gasteiger partial charge on any atom is 0.307 e. The SMILES string of the molecule is C[C@@H](OC(=O)CCC(=O)c1ccc2c(c1)CCC2)C(=O)Nc1ccc(F)cc1F. The maximum absolute atomic E-state index is 13.6. The van der Waals surface area contributed by atoms with Gasteiger partial charge in [0, 0.05) is 18.1 Å². The number of ketones is 1. The lowest BCUT2D eigenvalue weighted by Crippen LogP contribution is -2.30. The minimum absolute atomic E-state index is 0.0292. The molecule has 0 unspecified atom stereocenters. The van der Waals surface area contributed by atoms with Crippen LogP contribution in [0, 0.1) is 11.6 Å². The highest BCUT2D eigenvalue weighted by Crippen LogP contribution is 2.23. The molecule has 29 heavy (non-hydrogen) atoms. The molecule has 7 heteroatoms. The van der Waals surface area contributed by atoms with E-state index in [2.05, 4.69) is 5.32 Å². The van der Waals surface area contributed by atoms with Crippen molar-refractivity contribution >= 4 is 23.3 Å². The summed E-state index contributed by atoms with van der Waals surface area (Å²) in [4.78, 5) is 36.3. The molecule has 0 spiro atoms. The molecule has 1 amide bonds. The fourth-order valence-corrected chi connectivity index (χ4v) is 3.24. The van der Waals surface area contributed by atoms with Crippen molar-refractivity contribution in [1.29, 1.82) is 0 Å². The number of ether oxygens (including phenoxy) is 1. The molecule has 0 bridgehead atoms. The van der Waals surface area contributed by atoms with Crippen LogP contribution in [-0.4, -0.2) is 23.8 Å². The zero-order chi connectivity index (χ0) is 21.0. The first-order valence-electron chi connectivity index (χ1n) is 9.44. The minimum Gasteiger partial charge on any atom is -0.453 e. The Kier molecular flexibility index (Phi) is 6.36. The van der Waals surface area contributed by atoms with Crippen molar-refractivity contribution in [3.05, 3.63) is 64.7 Å². The Bertz CT molecular complexity index is 958. The van der Waals surface area contributed by atoms with E-state index in [0.717, 1.165) is 31.4 Å². The standard InChI is InChI=1S/C22H21F2NO4/c1-13(22(28)25-19-8-7-17(23)12-18(19)24)29-21(27)10-9-20(26)16-6-5-14-3-2-4-15(14)11-16/h5-8,11-13H,2-4,9-10H2,1H3,(H,25,28)/t13-/m1/s1. The summed E-state index contributed by atoms with van der Waals surface area (Å²) in [7, 11) is 0. The number of anilines is 1. The van der Waals surface area contributed by atoms with Gasteiger partial charge >= 0.3 is 5.97 Å². The van der Waals surface area contributed by atoms with Gasteiger partial charge in [-0.05, 0) is 55.5 Å². The van der Waals surface area contributed by atoms with Crippen LogP contribution in [0.3, 0.4) is 0 Å². The van der Waals surface area contributed by atoms with E-state index >= 15 is 0 Å². The molecule has 1 aliphatic rings. The van der Waals surface area contributed by atoms with Crippen molar-refractivity contribution < 1.29 is 27.9 Å². The normalized spacial score (nSPS) is 13.5. The average Bonchev–Trinajstić information content (AvgIpc) is 3.16. The van der Waals surface area contributed by atoms with Gasteiger partial charge in [-0.2, -0.15) is 0 Å². The van der Waals surface area contributed by atoms with Crippen LogP contribution in [0.4, 0.5) is 14.5 Å². The second-order valence-corrected chi connectivity index (χ2v) is 7.01. The van der Waals surface area contributed by atoms with Crippen molar-refractivity contribution in [3.63, 3.8) is 0 Å². The highest BCUT2D eigenvalue weighted by molar-refractivity contribution is 5.98. The Morgan fingerprint density at radius 2 is 1.79 bits per heavy atom. The molecule has 1 atom stereocenters. The second-order valence-electron chi connectivity index (χ2n) is 7.01. The highest BCUT2D eigenvalue weighted by atomic mass is 19.1. The van der Waals surface area contributed by atoms with Gasteiger partial charge in [0.05, 0.1) is 12.1 Å². The molecule has 0 aromatic heterocycles. The number of Topliss-reactive ketones (excluding diaryl/α,β-unsaturated/α-hetero) is 1. The molecule has 0 radical (unpaired) electrons. The van der Waals surface area contributed by atoms with Crippen LogP contribution in [-0.2, 0) is 27.2 Å². The van der Waals surface area contributed by atoms with E-state index in [1.54, 1.807) is 6.07 Å². The average molecular weight is 401 g/mol. The molecule has 0 fully saturated rings. The summed E-state index contributed by atoms with van der Waals surface area (Å²) in [5, 5.41) is 2.23. The zero-order valence-electron chi connectivity index (χ0n) is 16.0. The Balaban J connectivity index is 1.48. The number of nitrogens with one attached hydrogen (secondary N) is 1. The molecule has 0 aliphatic heterocycles. The van der Waals surface area contributed by atoms with Gasteiger partial charge in [-0.15, -0.1) is 0 Å². The molecule has 2 aromatic rings. The van der Waals surface area contributed by atoms with Gasteiger partial charge in [-0.3, -0.25) is 14.4 Å². The van der Waals surface area contributed by atoms with E-state index in [1.807, 2.05) is 12.1 Å². The van der Waals surface area contributed by atoms with Crippen LogP contribution in [0.1, 0.15) is 47.7 Å². The summed E-state index contributed by atoms with van der Waals surface area (Å²) in [6.07, 6.45) is 1.68. The van der Waals surface area contributed by atoms with Gasteiger partial charge in [-0.1, -0.05) is 12.1 Å². The third-order valence-corrected chi connectivity index (χ3v) is 4.84. The Labute approximate surface area is 167 Å². The van der Waals surface area contributed by atoms with Crippen LogP contribution in [0.25, 0.3) is 0 Å². The Hall–Kier alpha value is -3.09. The van der Waals surface area contributed by atoms with Crippen LogP contribution >= 0.6 is 0 Å². The summed E-state index contributed by atoms with van der Waals surface area (Å²) in [6, 6.07) is 8.31. The fourth-order valence-electron chi connectivity index (χ4n) is 3.24. The first-order chi connectivity index (χ1) is 13.8. The summed E-state index contributed by atoms with van der Waals surface area (Å²) in [6.45, 7) is 1.33. The van der Waals surface area contributed by atoms with E-state index < -0.39 is 29.6 Å². The molecule has 3 rings (SSSR count). The van der Waals surface area contributed by atoms with Gasteiger partial charge < -0.3 is 10.1 Å². The van der Waals surface area contributed by atoms with E-state index in [1.165, 1.54) is 18.1 Å². The monoisotopic (exact) mass is 401 g/mol. The number of hydrogen-bond donors (Lipinski definition) is 1. The van der Waals surface area contributed by atoms with Crippen molar-refractivity contribution in [3.8, 4) is 0 Å². The smallest absolute Gasteiger partial charge is 0.307 e. The largest absolute Gasteiger partial charge is 0.453 e. The molecule has 1 aliphatic carbocycles. The van der Waals surface area contributed by atoms with E-state index in [0.29, 0.717) is 11.6 Å². The topological polar surface area (TPSA) is 72.5 Å². The number of hydrogen-bond acceptors (Lipinski definition) is 4. The molecular weight excluding hydrogens is 380 g/mol. The number of carbonyl (C=O) groups is 3. The lowest BCUT2D eigenvalue weighted by molar-refractivity contribution is -0.153. The Morgan fingerprint density at radius 3 is 2.55 bits per heavy atom. The quantitative estimate of drug-likeness (QED) is 0.563. The van der Waals surface area contributed by atoms with Gasteiger partial charge in [0.25, 0.3) is 5.91 Å². The van der Waals surface area contributed by atoms with Crippen molar-refractivity contribution in [1.82, 2.24) is 0 Å².